The first-order chi connectivity index (χ1) is 20.7. The molecule has 0 aliphatic rings. The predicted molar refractivity (Wildman–Crippen MR) is 165 cm³/mol. The van der Waals surface area contributed by atoms with Crippen LogP contribution in [0.5, 0.6) is 0 Å². The van der Waals surface area contributed by atoms with Gasteiger partial charge in [0, 0.05) is 5.56 Å². The minimum Gasteiger partial charge on any atom is -0.465 e. The Kier molecular flexibility index (Phi) is 7.25. The maximum atomic E-state index is 13.5. The van der Waals surface area contributed by atoms with Crippen molar-refractivity contribution in [3.63, 3.8) is 0 Å². The Labute approximate surface area is 250 Å². The molecule has 0 spiro atoms. The number of aromatic nitrogens is 4. The first kappa shape index (κ1) is 27.9. The van der Waals surface area contributed by atoms with Gasteiger partial charge in [-0.1, -0.05) is 71.3 Å². The zero-order valence-corrected chi connectivity index (χ0v) is 24.3. The summed E-state index contributed by atoms with van der Waals surface area (Å²) in [5.41, 5.74) is 5.31. The van der Waals surface area contributed by atoms with Gasteiger partial charge in [-0.3, -0.25) is 30.0 Å². The number of aromatic amines is 4. The highest BCUT2D eigenvalue weighted by atomic mass is 35.5. The van der Waals surface area contributed by atoms with Crippen LogP contribution in [0.4, 0.5) is 0 Å². The van der Waals surface area contributed by atoms with E-state index in [1.165, 1.54) is 7.11 Å². The fourth-order valence-electron chi connectivity index (χ4n) is 5.22. The Morgan fingerprint density at radius 2 is 1.23 bits per heavy atom. The molecule has 9 nitrogen and oxygen atoms in total. The third-order valence-corrected chi connectivity index (χ3v) is 7.78. The maximum absolute atomic E-state index is 13.5. The van der Waals surface area contributed by atoms with E-state index >= 15 is 0 Å². The summed E-state index contributed by atoms with van der Waals surface area (Å²) in [6.07, 6.45) is 0. The molecule has 0 bridgehead atoms. The second-order valence-corrected chi connectivity index (χ2v) is 10.7. The van der Waals surface area contributed by atoms with Crippen molar-refractivity contribution in [3.8, 4) is 33.8 Å². The Balaban J connectivity index is 1.57. The van der Waals surface area contributed by atoms with Gasteiger partial charge in [0.1, 0.15) is 11.5 Å². The third-order valence-electron chi connectivity index (χ3n) is 7.46. The predicted octanol–water partition coefficient (Wildman–Crippen LogP) is 6.55. The molecule has 0 aliphatic heterocycles. The number of halogens is 1. The zero-order valence-electron chi connectivity index (χ0n) is 23.5. The molecule has 3 aromatic heterocycles. The molecular weight excluding hydrogens is 568 g/mol. The fraction of sp³-hybridized carbons (Fsp3) is 0.121. The molecule has 3 aromatic carbocycles. The summed E-state index contributed by atoms with van der Waals surface area (Å²) in [6, 6.07) is 23.8. The number of H-pyrrole nitrogens is 4. The van der Waals surface area contributed by atoms with Crippen LogP contribution >= 0.6 is 11.6 Å². The van der Waals surface area contributed by atoms with Crippen LogP contribution in [0.25, 0.3) is 33.8 Å². The van der Waals surface area contributed by atoms with Crippen molar-refractivity contribution < 1.29 is 13.9 Å². The van der Waals surface area contributed by atoms with Gasteiger partial charge in [-0.2, -0.15) is 0 Å². The van der Waals surface area contributed by atoms with Crippen LogP contribution in [-0.4, -0.2) is 33.5 Å². The van der Waals surface area contributed by atoms with Gasteiger partial charge in [0.2, 0.25) is 0 Å². The lowest BCUT2D eigenvalue weighted by Gasteiger charge is -2.15. The van der Waals surface area contributed by atoms with Gasteiger partial charge in [0.05, 0.1) is 46.1 Å². The van der Waals surface area contributed by atoms with Crippen LogP contribution in [0.15, 0.2) is 92.9 Å². The summed E-state index contributed by atoms with van der Waals surface area (Å²) >= 11 is 6.24. The van der Waals surface area contributed by atoms with Crippen molar-refractivity contribution >= 4 is 17.6 Å². The van der Waals surface area contributed by atoms with Crippen molar-refractivity contribution in [1.29, 1.82) is 0 Å². The van der Waals surface area contributed by atoms with Crippen molar-refractivity contribution in [2.24, 2.45) is 0 Å². The van der Waals surface area contributed by atoms with E-state index in [0.29, 0.717) is 39.6 Å². The number of aryl methyl sites for hydroxylation is 2. The van der Waals surface area contributed by atoms with Gasteiger partial charge in [-0.05, 0) is 55.3 Å². The van der Waals surface area contributed by atoms with Gasteiger partial charge in [-0.15, -0.1) is 0 Å². The molecule has 0 amide bonds. The highest BCUT2D eigenvalue weighted by molar-refractivity contribution is 6.33. The summed E-state index contributed by atoms with van der Waals surface area (Å²) in [5, 5.41) is 11.7. The molecule has 216 valence electrons. The van der Waals surface area contributed by atoms with Crippen LogP contribution in [0.2, 0.25) is 5.02 Å². The average molecular weight is 595 g/mol. The molecule has 0 saturated carbocycles. The van der Waals surface area contributed by atoms with Crippen molar-refractivity contribution in [3.05, 3.63) is 138 Å². The highest BCUT2D eigenvalue weighted by Gasteiger charge is 2.33. The van der Waals surface area contributed by atoms with E-state index in [1.54, 1.807) is 30.3 Å². The summed E-state index contributed by atoms with van der Waals surface area (Å²) in [7, 11) is 1.28. The second-order valence-electron chi connectivity index (χ2n) is 10.3. The molecule has 0 radical (unpaired) electrons. The molecular formula is C33H27ClN4O5. The van der Waals surface area contributed by atoms with E-state index in [1.807, 2.05) is 62.4 Å². The van der Waals surface area contributed by atoms with Crippen LogP contribution in [-0.2, 0) is 4.74 Å². The van der Waals surface area contributed by atoms with E-state index in [0.717, 1.165) is 22.3 Å². The van der Waals surface area contributed by atoms with Crippen LogP contribution in [0.1, 0.15) is 44.3 Å². The normalized spacial score (nSPS) is 11.3. The van der Waals surface area contributed by atoms with Gasteiger partial charge < -0.3 is 9.15 Å². The third kappa shape index (κ3) is 5.15. The summed E-state index contributed by atoms with van der Waals surface area (Å²) in [4.78, 5) is 39.4. The lowest BCUT2D eigenvalue weighted by Crippen LogP contribution is -2.19. The SMILES string of the molecule is COC(=O)c1cc(-c2ccc(C(c3c(-c4ccc(C)cc4)[nH][nH]c3=O)c3c(-c4ccc(C)cc4)[nH][nH]c3=O)o2)ccc1Cl. The average Bonchev–Trinajstić information content (AvgIpc) is 3.74. The molecule has 0 unspecified atom stereocenters. The zero-order chi connectivity index (χ0) is 30.2. The second kappa shape index (κ2) is 11.2. The Morgan fingerprint density at radius 1 is 0.721 bits per heavy atom. The monoisotopic (exact) mass is 594 g/mol. The number of carbonyl (C=O) groups is 1. The number of rotatable bonds is 7. The number of nitrogens with one attached hydrogen (secondary N) is 4. The minimum atomic E-state index is -0.918. The highest BCUT2D eigenvalue weighted by Crippen LogP contribution is 2.40. The van der Waals surface area contributed by atoms with Crippen LogP contribution in [0, 0.1) is 13.8 Å². The van der Waals surface area contributed by atoms with Crippen LogP contribution in [0.3, 0.4) is 0 Å². The Bertz CT molecular complexity index is 1960. The van der Waals surface area contributed by atoms with Crippen molar-refractivity contribution in [1.82, 2.24) is 20.4 Å². The van der Waals surface area contributed by atoms with Crippen molar-refractivity contribution in [2.45, 2.75) is 19.8 Å². The maximum Gasteiger partial charge on any atom is 0.339 e. The van der Waals surface area contributed by atoms with Gasteiger partial charge in [0.15, 0.2) is 0 Å². The number of hydrogen-bond acceptors (Lipinski definition) is 5. The van der Waals surface area contributed by atoms with Gasteiger partial charge in [0.25, 0.3) is 11.1 Å². The lowest BCUT2D eigenvalue weighted by atomic mass is 9.86. The topological polar surface area (TPSA) is 137 Å². The quantitative estimate of drug-likeness (QED) is 0.155. The molecule has 10 heteroatoms. The molecule has 0 fully saturated rings. The molecule has 3 heterocycles. The first-order valence-corrected chi connectivity index (χ1v) is 13.9. The number of benzene rings is 3. The van der Waals surface area contributed by atoms with E-state index in [2.05, 4.69) is 20.4 Å². The number of esters is 1. The number of ether oxygens (including phenoxy) is 1. The van der Waals surface area contributed by atoms with E-state index in [-0.39, 0.29) is 10.6 Å². The van der Waals surface area contributed by atoms with E-state index in [4.69, 9.17) is 20.8 Å². The molecule has 6 rings (SSSR count). The van der Waals surface area contributed by atoms with E-state index in [9.17, 15) is 14.4 Å². The molecule has 43 heavy (non-hydrogen) atoms. The van der Waals surface area contributed by atoms with Gasteiger partial charge >= 0.3 is 5.97 Å². The number of carbonyl (C=O) groups excluding carboxylic acids is 1. The number of furan rings is 1. The largest absolute Gasteiger partial charge is 0.465 e. The number of hydrogen-bond donors (Lipinski definition) is 4. The molecule has 0 saturated heterocycles. The molecule has 0 atom stereocenters. The first-order valence-electron chi connectivity index (χ1n) is 13.5. The Morgan fingerprint density at radius 3 is 1.74 bits per heavy atom. The molecule has 0 aliphatic carbocycles. The molecule has 6 aromatic rings. The Hall–Kier alpha value is -5.28. The summed E-state index contributed by atoms with van der Waals surface area (Å²) in [5.74, 6) is -0.741. The standard InChI is InChI=1S/C33H27ClN4O5/c1-17-4-8-19(9-5-17)29-27(31(39)37-35-29)26(28-30(36-38-32(28)40)20-10-6-18(2)7-11-20)25-15-14-24(43-25)21-12-13-23(34)22(16-21)33(41)42-3/h4-16,26H,1-3H3,(H2,35,37,39)(H2,36,38,40). The smallest absolute Gasteiger partial charge is 0.339 e. The van der Waals surface area contributed by atoms with Gasteiger partial charge in [-0.25, -0.2) is 4.79 Å². The van der Waals surface area contributed by atoms with Crippen LogP contribution < -0.4 is 11.1 Å². The summed E-state index contributed by atoms with van der Waals surface area (Å²) in [6.45, 7) is 3.96. The van der Waals surface area contributed by atoms with Crippen molar-refractivity contribution in [2.75, 3.05) is 7.11 Å². The molecule has 4 N–H and O–H groups in total. The fourth-order valence-corrected chi connectivity index (χ4v) is 5.41. The lowest BCUT2D eigenvalue weighted by molar-refractivity contribution is 0.0601. The minimum absolute atomic E-state index is 0.184. The number of methoxy groups -OCH3 is 1. The summed E-state index contributed by atoms with van der Waals surface area (Å²) < 4.78 is 11.3. The van der Waals surface area contributed by atoms with E-state index < -0.39 is 23.0 Å².